The molecule has 0 spiro atoms. The summed E-state index contributed by atoms with van der Waals surface area (Å²) < 4.78 is 0. The number of rotatable bonds is 7. The highest BCUT2D eigenvalue weighted by Crippen LogP contribution is 2.50. The summed E-state index contributed by atoms with van der Waals surface area (Å²) in [5.41, 5.74) is 15.2. The van der Waals surface area contributed by atoms with Crippen molar-refractivity contribution in [2.24, 2.45) is 0 Å². The average molecular weight is 609 g/mol. The molecule has 3 aliphatic carbocycles. The standard InChI is InChI=1S/C45H40N2/c1-45(2)43-29-36(35-17-24-38(25-18-35)46-37-20-13-33(14-21-37)31-9-5-3-6-10-31)19-27-41(43)42-28-26-40(30-44(42)45)47-39-22-15-34(16-23-39)32-11-7-4-8-12-32/h3-11,13-17,19-30,32,35,46-47H,12,18H2,1-2H3. The van der Waals surface area contributed by atoms with E-state index < -0.39 is 0 Å². The Morgan fingerprint density at radius 1 is 0.553 bits per heavy atom. The Morgan fingerprint density at radius 3 is 1.91 bits per heavy atom. The van der Waals surface area contributed by atoms with Crippen LogP contribution in [0.15, 0.2) is 163 Å². The Kier molecular flexibility index (Phi) is 7.50. The molecule has 2 N–H and O–H groups in total. The first kappa shape index (κ1) is 29.1. The van der Waals surface area contributed by atoms with Crippen molar-refractivity contribution in [3.8, 4) is 22.3 Å². The molecule has 5 aromatic carbocycles. The maximum absolute atomic E-state index is 3.67. The van der Waals surface area contributed by atoms with Crippen LogP contribution in [0.25, 0.3) is 22.3 Å². The molecule has 2 heteroatoms. The fraction of sp³-hybridized carbons (Fsp3) is 0.156. The molecule has 0 saturated heterocycles. The van der Waals surface area contributed by atoms with Crippen molar-refractivity contribution < 1.29 is 0 Å². The molecule has 5 aromatic rings. The molecule has 0 bridgehead atoms. The molecule has 230 valence electrons. The van der Waals surface area contributed by atoms with Gasteiger partial charge in [-0.1, -0.05) is 129 Å². The third-order valence-corrected chi connectivity index (χ3v) is 10.1. The summed E-state index contributed by atoms with van der Waals surface area (Å²) in [6.07, 6.45) is 17.8. The summed E-state index contributed by atoms with van der Waals surface area (Å²) in [4.78, 5) is 0. The molecule has 0 aromatic heterocycles. The Bertz CT molecular complexity index is 2040. The van der Waals surface area contributed by atoms with Crippen molar-refractivity contribution in [3.05, 3.63) is 186 Å². The number of benzene rings is 5. The topological polar surface area (TPSA) is 24.1 Å². The van der Waals surface area contributed by atoms with E-state index >= 15 is 0 Å². The average Bonchev–Trinajstić information content (AvgIpc) is 3.35. The zero-order valence-corrected chi connectivity index (χ0v) is 27.1. The first-order valence-corrected chi connectivity index (χ1v) is 16.8. The summed E-state index contributed by atoms with van der Waals surface area (Å²) in [7, 11) is 0. The van der Waals surface area contributed by atoms with E-state index in [0.29, 0.717) is 11.8 Å². The van der Waals surface area contributed by atoms with E-state index in [1.165, 1.54) is 44.5 Å². The lowest BCUT2D eigenvalue weighted by Gasteiger charge is -2.24. The second-order valence-electron chi connectivity index (χ2n) is 13.5. The molecule has 0 radical (unpaired) electrons. The lowest BCUT2D eigenvalue weighted by Crippen LogP contribution is -2.16. The van der Waals surface area contributed by atoms with Gasteiger partial charge in [-0.25, -0.2) is 0 Å². The zero-order chi connectivity index (χ0) is 31.8. The van der Waals surface area contributed by atoms with E-state index in [4.69, 9.17) is 0 Å². The molecule has 2 nitrogen and oxygen atoms in total. The highest BCUT2D eigenvalue weighted by Gasteiger charge is 2.36. The van der Waals surface area contributed by atoms with Crippen molar-refractivity contribution in [1.29, 1.82) is 0 Å². The second-order valence-corrected chi connectivity index (χ2v) is 13.5. The minimum absolute atomic E-state index is 0.0735. The van der Waals surface area contributed by atoms with Crippen LogP contribution in [0.5, 0.6) is 0 Å². The van der Waals surface area contributed by atoms with Crippen LogP contribution in [-0.2, 0) is 5.41 Å². The molecule has 0 amide bonds. The minimum Gasteiger partial charge on any atom is -0.356 e. The van der Waals surface area contributed by atoms with Crippen LogP contribution in [0.3, 0.4) is 0 Å². The quantitative estimate of drug-likeness (QED) is 0.192. The van der Waals surface area contributed by atoms with Crippen LogP contribution in [0.1, 0.15) is 60.8 Å². The minimum atomic E-state index is -0.0735. The van der Waals surface area contributed by atoms with Crippen molar-refractivity contribution in [2.75, 3.05) is 10.6 Å². The van der Waals surface area contributed by atoms with Gasteiger partial charge in [0.2, 0.25) is 0 Å². The first-order valence-electron chi connectivity index (χ1n) is 16.8. The highest BCUT2D eigenvalue weighted by molar-refractivity contribution is 5.83. The van der Waals surface area contributed by atoms with E-state index in [9.17, 15) is 0 Å². The fourth-order valence-corrected chi connectivity index (χ4v) is 7.38. The lowest BCUT2D eigenvalue weighted by molar-refractivity contribution is 0.658. The van der Waals surface area contributed by atoms with E-state index in [1.54, 1.807) is 0 Å². The van der Waals surface area contributed by atoms with Crippen molar-refractivity contribution in [3.63, 3.8) is 0 Å². The Labute approximate surface area is 278 Å². The Hall–Kier alpha value is -5.34. The summed E-state index contributed by atoms with van der Waals surface area (Å²) in [6, 6.07) is 42.1. The van der Waals surface area contributed by atoms with Crippen LogP contribution < -0.4 is 10.6 Å². The SMILES string of the molecule is CC1(C)c2cc(Nc3ccc(C4C=CC=CC4)cc3)ccc2-c2ccc(C3C=CC(Nc4ccc(-c5ccccc5)cc4)=CC3)cc21. The van der Waals surface area contributed by atoms with Gasteiger partial charge in [0.05, 0.1) is 0 Å². The van der Waals surface area contributed by atoms with Crippen LogP contribution in [0.2, 0.25) is 0 Å². The summed E-state index contributed by atoms with van der Waals surface area (Å²) in [5, 5.41) is 7.27. The van der Waals surface area contributed by atoms with E-state index in [2.05, 4.69) is 182 Å². The number of fused-ring (bicyclic) bond motifs is 3. The van der Waals surface area contributed by atoms with Gasteiger partial charge in [-0.2, -0.15) is 0 Å². The van der Waals surface area contributed by atoms with Gasteiger partial charge in [0, 0.05) is 40.0 Å². The van der Waals surface area contributed by atoms with Crippen molar-refractivity contribution in [2.45, 2.75) is 43.9 Å². The predicted octanol–water partition coefficient (Wildman–Crippen LogP) is 12.0. The number of anilines is 3. The van der Waals surface area contributed by atoms with Crippen molar-refractivity contribution in [1.82, 2.24) is 0 Å². The fourth-order valence-electron chi connectivity index (χ4n) is 7.38. The number of hydrogen-bond acceptors (Lipinski definition) is 2. The molecule has 0 aliphatic heterocycles. The number of nitrogens with one attached hydrogen (secondary N) is 2. The molecule has 47 heavy (non-hydrogen) atoms. The summed E-state index contributed by atoms with van der Waals surface area (Å²) in [6.45, 7) is 4.74. The maximum atomic E-state index is 3.67. The normalized spacial score (nSPS) is 18.7. The molecule has 3 aliphatic rings. The number of allylic oxidation sites excluding steroid dienone is 7. The van der Waals surface area contributed by atoms with Gasteiger partial charge in [0.1, 0.15) is 0 Å². The highest BCUT2D eigenvalue weighted by atomic mass is 14.9. The molecule has 0 saturated carbocycles. The largest absolute Gasteiger partial charge is 0.356 e. The molecule has 2 unspecified atom stereocenters. The molecule has 2 atom stereocenters. The second kappa shape index (κ2) is 12.1. The van der Waals surface area contributed by atoms with E-state index in [-0.39, 0.29) is 5.41 Å². The Morgan fingerprint density at radius 2 is 1.19 bits per heavy atom. The zero-order valence-electron chi connectivity index (χ0n) is 27.1. The van der Waals surface area contributed by atoms with Gasteiger partial charge >= 0.3 is 0 Å². The smallest absolute Gasteiger partial charge is 0.0387 e. The summed E-state index contributed by atoms with van der Waals surface area (Å²) >= 11 is 0. The van der Waals surface area contributed by atoms with Gasteiger partial charge in [-0.05, 0) is 99.8 Å². The molecule has 8 rings (SSSR count). The molecular formula is C45H40N2. The van der Waals surface area contributed by atoms with Crippen LogP contribution in [0.4, 0.5) is 17.1 Å². The lowest BCUT2D eigenvalue weighted by atomic mass is 9.80. The third kappa shape index (κ3) is 5.77. The van der Waals surface area contributed by atoms with Crippen LogP contribution in [-0.4, -0.2) is 0 Å². The molecule has 0 fully saturated rings. The van der Waals surface area contributed by atoms with Crippen LogP contribution in [0, 0.1) is 0 Å². The third-order valence-electron chi connectivity index (χ3n) is 10.1. The van der Waals surface area contributed by atoms with Gasteiger partial charge in [-0.3, -0.25) is 0 Å². The number of hydrogen-bond donors (Lipinski definition) is 2. The predicted molar refractivity (Wildman–Crippen MR) is 199 cm³/mol. The molecule has 0 heterocycles. The molecular weight excluding hydrogens is 569 g/mol. The van der Waals surface area contributed by atoms with Gasteiger partial charge in [0.25, 0.3) is 0 Å². The maximum Gasteiger partial charge on any atom is 0.0387 e. The van der Waals surface area contributed by atoms with E-state index in [1.807, 2.05) is 0 Å². The summed E-state index contributed by atoms with van der Waals surface area (Å²) in [5.74, 6) is 0.840. The first-order chi connectivity index (χ1) is 23.0. The van der Waals surface area contributed by atoms with Gasteiger partial charge in [-0.15, -0.1) is 0 Å². The van der Waals surface area contributed by atoms with Crippen LogP contribution >= 0.6 is 0 Å². The van der Waals surface area contributed by atoms with E-state index in [0.717, 1.165) is 35.6 Å². The Balaban J connectivity index is 0.945. The monoisotopic (exact) mass is 608 g/mol. The van der Waals surface area contributed by atoms with Gasteiger partial charge in [0.15, 0.2) is 0 Å². The van der Waals surface area contributed by atoms with Gasteiger partial charge < -0.3 is 10.6 Å². The van der Waals surface area contributed by atoms with Crippen molar-refractivity contribution >= 4 is 17.1 Å².